The van der Waals surface area contributed by atoms with Crippen LogP contribution in [0.1, 0.15) is 10.4 Å². The lowest BCUT2D eigenvalue weighted by molar-refractivity contribution is 0.108. The van der Waals surface area contributed by atoms with E-state index in [-0.39, 0.29) is 0 Å². The maximum Gasteiger partial charge on any atom is 0.254 e. The third-order valence-corrected chi connectivity index (χ3v) is 2.40. The van der Waals surface area contributed by atoms with E-state index in [9.17, 15) is 4.79 Å². The van der Waals surface area contributed by atoms with Crippen LogP contribution in [-0.4, -0.2) is 5.24 Å². The monoisotopic (exact) mass is 231 g/mol. The van der Waals surface area contributed by atoms with Gasteiger partial charge in [0.2, 0.25) is 0 Å². The Morgan fingerprint density at radius 2 is 1.56 bits per heavy atom. The third-order valence-electron chi connectivity index (χ3n) is 2.19. The van der Waals surface area contributed by atoms with E-state index in [4.69, 9.17) is 11.6 Å². The number of carbonyl (C=O) groups is 1. The van der Waals surface area contributed by atoms with Crippen LogP contribution in [-0.2, 0) is 0 Å². The number of para-hydroxylation sites is 2. The van der Waals surface area contributed by atoms with Crippen LogP contribution in [0.2, 0.25) is 0 Å². The molecule has 0 atom stereocenters. The standard InChI is InChI=1S/C13H10ClNO/c14-13(16)11-8-4-5-9-12(11)15-10-6-2-1-3-7-10/h1-9,15H. The summed E-state index contributed by atoms with van der Waals surface area (Å²) >= 11 is 5.50. The molecule has 0 heterocycles. The van der Waals surface area contributed by atoms with E-state index in [1.54, 1.807) is 12.1 Å². The summed E-state index contributed by atoms with van der Waals surface area (Å²) in [5.41, 5.74) is 2.12. The number of nitrogens with one attached hydrogen (secondary N) is 1. The van der Waals surface area contributed by atoms with E-state index in [0.29, 0.717) is 11.3 Å². The zero-order chi connectivity index (χ0) is 11.4. The molecule has 80 valence electrons. The fraction of sp³-hybridized carbons (Fsp3) is 0. The maximum atomic E-state index is 11.2. The highest BCUT2D eigenvalue weighted by Crippen LogP contribution is 2.21. The molecule has 16 heavy (non-hydrogen) atoms. The fourth-order valence-corrected chi connectivity index (χ4v) is 1.61. The Hall–Kier alpha value is -1.80. The number of hydrogen-bond acceptors (Lipinski definition) is 2. The Bertz CT molecular complexity index is 496. The van der Waals surface area contributed by atoms with Crippen molar-refractivity contribution in [2.45, 2.75) is 0 Å². The first kappa shape index (κ1) is 10.7. The summed E-state index contributed by atoms with van der Waals surface area (Å²) in [4.78, 5) is 11.2. The lowest BCUT2D eigenvalue weighted by Crippen LogP contribution is -1.98. The smallest absolute Gasteiger partial charge is 0.254 e. The minimum atomic E-state index is -0.459. The quantitative estimate of drug-likeness (QED) is 0.814. The number of benzene rings is 2. The Labute approximate surface area is 98.9 Å². The predicted molar refractivity (Wildman–Crippen MR) is 66.4 cm³/mol. The lowest BCUT2D eigenvalue weighted by Gasteiger charge is -2.08. The molecule has 0 fully saturated rings. The summed E-state index contributed by atoms with van der Waals surface area (Å²) in [6, 6.07) is 16.8. The minimum Gasteiger partial charge on any atom is -0.355 e. The summed E-state index contributed by atoms with van der Waals surface area (Å²) in [6.45, 7) is 0. The molecule has 0 aromatic heterocycles. The van der Waals surface area contributed by atoms with Gasteiger partial charge in [-0.25, -0.2) is 0 Å². The van der Waals surface area contributed by atoms with E-state index in [1.807, 2.05) is 42.5 Å². The first-order chi connectivity index (χ1) is 7.77. The van der Waals surface area contributed by atoms with E-state index in [0.717, 1.165) is 5.69 Å². The number of rotatable bonds is 3. The van der Waals surface area contributed by atoms with Crippen molar-refractivity contribution < 1.29 is 4.79 Å². The summed E-state index contributed by atoms with van der Waals surface area (Å²) < 4.78 is 0. The molecule has 0 aliphatic rings. The van der Waals surface area contributed by atoms with Crippen LogP contribution < -0.4 is 5.32 Å². The van der Waals surface area contributed by atoms with Gasteiger partial charge in [-0.15, -0.1) is 0 Å². The molecular weight excluding hydrogens is 222 g/mol. The molecule has 3 heteroatoms. The molecule has 0 saturated heterocycles. The largest absolute Gasteiger partial charge is 0.355 e. The number of halogens is 1. The van der Waals surface area contributed by atoms with Crippen molar-refractivity contribution in [3.8, 4) is 0 Å². The average molecular weight is 232 g/mol. The molecule has 2 nitrogen and oxygen atoms in total. The highest BCUT2D eigenvalue weighted by atomic mass is 35.5. The van der Waals surface area contributed by atoms with Crippen molar-refractivity contribution in [1.29, 1.82) is 0 Å². The predicted octanol–water partition coefficient (Wildman–Crippen LogP) is 3.81. The van der Waals surface area contributed by atoms with Crippen LogP contribution >= 0.6 is 11.6 Å². The van der Waals surface area contributed by atoms with Gasteiger partial charge in [0.05, 0.1) is 11.3 Å². The molecule has 2 aromatic rings. The van der Waals surface area contributed by atoms with Gasteiger partial charge in [-0.1, -0.05) is 30.3 Å². The first-order valence-electron chi connectivity index (χ1n) is 4.88. The normalized spacial score (nSPS) is 9.81. The van der Waals surface area contributed by atoms with Gasteiger partial charge in [0.1, 0.15) is 0 Å². The number of hydrogen-bond donors (Lipinski definition) is 1. The summed E-state index contributed by atoms with van der Waals surface area (Å²) in [7, 11) is 0. The van der Waals surface area contributed by atoms with Gasteiger partial charge in [0.25, 0.3) is 5.24 Å². The van der Waals surface area contributed by atoms with Crippen molar-refractivity contribution in [3.63, 3.8) is 0 Å². The van der Waals surface area contributed by atoms with Crippen molar-refractivity contribution in [2.24, 2.45) is 0 Å². The molecule has 2 aromatic carbocycles. The van der Waals surface area contributed by atoms with Crippen molar-refractivity contribution >= 4 is 28.2 Å². The molecular formula is C13H10ClNO. The van der Waals surface area contributed by atoms with Crippen LogP contribution in [0, 0.1) is 0 Å². The molecule has 0 spiro atoms. The van der Waals surface area contributed by atoms with E-state index < -0.39 is 5.24 Å². The van der Waals surface area contributed by atoms with Crippen molar-refractivity contribution in [3.05, 3.63) is 60.2 Å². The molecule has 0 saturated carbocycles. The van der Waals surface area contributed by atoms with Gasteiger partial charge < -0.3 is 5.32 Å². The van der Waals surface area contributed by atoms with Crippen LogP contribution in [0.5, 0.6) is 0 Å². The van der Waals surface area contributed by atoms with Gasteiger partial charge in [-0.05, 0) is 35.9 Å². The molecule has 1 N–H and O–H groups in total. The first-order valence-corrected chi connectivity index (χ1v) is 5.26. The van der Waals surface area contributed by atoms with Gasteiger partial charge in [0, 0.05) is 5.69 Å². The van der Waals surface area contributed by atoms with Crippen LogP contribution in [0.4, 0.5) is 11.4 Å². The highest BCUT2D eigenvalue weighted by molar-refractivity contribution is 6.68. The van der Waals surface area contributed by atoms with Gasteiger partial charge in [0.15, 0.2) is 0 Å². The second kappa shape index (κ2) is 4.81. The molecule has 0 radical (unpaired) electrons. The lowest BCUT2D eigenvalue weighted by atomic mass is 10.2. The molecule has 2 rings (SSSR count). The molecule has 0 aliphatic heterocycles. The maximum absolute atomic E-state index is 11.2. The topological polar surface area (TPSA) is 29.1 Å². The average Bonchev–Trinajstić information content (AvgIpc) is 2.31. The van der Waals surface area contributed by atoms with Crippen molar-refractivity contribution in [1.82, 2.24) is 0 Å². The third kappa shape index (κ3) is 2.41. The molecule has 0 aliphatic carbocycles. The highest BCUT2D eigenvalue weighted by Gasteiger charge is 2.07. The Kier molecular flexibility index (Phi) is 3.22. The zero-order valence-electron chi connectivity index (χ0n) is 8.48. The molecule has 0 bridgehead atoms. The van der Waals surface area contributed by atoms with Gasteiger partial charge in [-0.2, -0.15) is 0 Å². The Balaban J connectivity index is 2.31. The van der Waals surface area contributed by atoms with E-state index in [1.165, 1.54) is 0 Å². The van der Waals surface area contributed by atoms with E-state index in [2.05, 4.69) is 5.32 Å². The number of anilines is 2. The van der Waals surface area contributed by atoms with Crippen LogP contribution in [0.15, 0.2) is 54.6 Å². The SMILES string of the molecule is O=C(Cl)c1ccccc1Nc1ccccc1. The van der Waals surface area contributed by atoms with Crippen LogP contribution in [0.25, 0.3) is 0 Å². The number of carbonyl (C=O) groups excluding carboxylic acids is 1. The summed E-state index contributed by atoms with van der Waals surface area (Å²) in [6.07, 6.45) is 0. The second-order valence-corrected chi connectivity index (χ2v) is 3.65. The molecule has 0 unspecified atom stereocenters. The van der Waals surface area contributed by atoms with Crippen LogP contribution in [0.3, 0.4) is 0 Å². The van der Waals surface area contributed by atoms with Crippen molar-refractivity contribution in [2.75, 3.05) is 5.32 Å². The summed E-state index contributed by atoms with van der Waals surface area (Å²) in [5.74, 6) is 0. The minimum absolute atomic E-state index is 0.459. The van der Waals surface area contributed by atoms with Gasteiger partial charge >= 0.3 is 0 Å². The summed E-state index contributed by atoms with van der Waals surface area (Å²) in [5, 5.41) is 2.69. The fourth-order valence-electron chi connectivity index (χ4n) is 1.44. The molecule has 0 amide bonds. The van der Waals surface area contributed by atoms with Gasteiger partial charge in [-0.3, -0.25) is 4.79 Å². The second-order valence-electron chi connectivity index (χ2n) is 3.31. The zero-order valence-corrected chi connectivity index (χ0v) is 9.24. The Morgan fingerprint density at radius 3 is 2.25 bits per heavy atom. The Morgan fingerprint density at radius 1 is 0.938 bits per heavy atom. The van der Waals surface area contributed by atoms with E-state index >= 15 is 0 Å².